The van der Waals surface area contributed by atoms with Gasteiger partial charge in [0.2, 0.25) is 0 Å². The summed E-state index contributed by atoms with van der Waals surface area (Å²) < 4.78 is 10.9. The second kappa shape index (κ2) is 13.7. The largest absolute Gasteiger partial charge is 0.332 e. The molecule has 0 amide bonds. The molecule has 0 saturated heterocycles. The number of imidazole rings is 2. The Morgan fingerprint density at radius 3 is 1.22 bits per heavy atom. The Hall–Kier alpha value is -3.78. The molecule has 4 rings (SSSR count). The van der Waals surface area contributed by atoms with Gasteiger partial charge in [0.25, 0.3) is 11.1 Å². The van der Waals surface area contributed by atoms with Gasteiger partial charge in [0.1, 0.15) is 0 Å². The van der Waals surface area contributed by atoms with Gasteiger partial charge in [-0.1, -0.05) is 0 Å². The van der Waals surface area contributed by atoms with E-state index in [0.717, 1.165) is 89.7 Å². The number of hydrogen-bond donors (Lipinski definition) is 0. The van der Waals surface area contributed by atoms with E-state index in [1.54, 1.807) is 26.7 Å². The van der Waals surface area contributed by atoms with Gasteiger partial charge >= 0.3 is 11.4 Å². The molecule has 0 unspecified atom stereocenters. The molecule has 0 aliphatic rings. The van der Waals surface area contributed by atoms with Gasteiger partial charge < -0.3 is 18.1 Å². The van der Waals surface area contributed by atoms with Crippen LogP contribution in [0.1, 0.15) is 47.0 Å². The van der Waals surface area contributed by atoms with Crippen molar-refractivity contribution in [2.24, 2.45) is 28.2 Å². The number of rotatable bonds is 16. The minimum absolute atomic E-state index is 0.306. The second-order valence-electron chi connectivity index (χ2n) is 12.5. The van der Waals surface area contributed by atoms with E-state index >= 15 is 0 Å². The predicted octanol–water partition coefficient (Wildman–Crippen LogP) is 0.765. The highest BCUT2D eigenvalue weighted by atomic mass is 16.2. The summed E-state index contributed by atoms with van der Waals surface area (Å²) >= 11 is 0. The third-order valence-electron chi connectivity index (χ3n) is 10.5. The molecule has 0 fully saturated rings. The molecular weight excluding hydrogens is 576 g/mol. The molecule has 0 aliphatic heterocycles. The number of aryl methyl sites for hydroxylation is 2. The Kier molecular flexibility index (Phi) is 10.4. The number of nitrogens with zero attached hydrogens (tertiary/aromatic N) is 10. The topological polar surface area (TPSA) is 124 Å². The summed E-state index contributed by atoms with van der Waals surface area (Å²) in [5, 5.41) is 0. The first kappa shape index (κ1) is 34.1. The predicted molar refractivity (Wildman–Crippen MR) is 176 cm³/mol. The lowest BCUT2D eigenvalue weighted by Gasteiger charge is -2.38. The van der Waals surface area contributed by atoms with E-state index in [1.165, 1.54) is 23.2 Å². The summed E-state index contributed by atoms with van der Waals surface area (Å²) in [6.07, 6.45) is 6.74. The van der Waals surface area contributed by atoms with E-state index in [1.807, 2.05) is 9.13 Å². The van der Waals surface area contributed by atoms with Crippen LogP contribution < -0.4 is 22.5 Å². The van der Waals surface area contributed by atoms with Crippen LogP contribution in [0.3, 0.4) is 0 Å². The highest BCUT2D eigenvalue weighted by Gasteiger charge is 2.26. The van der Waals surface area contributed by atoms with Gasteiger partial charge in [-0.2, -0.15) is 0 Å². The van der Waals surface area contributed by atoms with E-state index < -0.39 is 0 Å². The van der Waals surface area contributed by atoms with Crippen LogP contribution in [0.4, 0.5) is 0 Å². The highest BCUT2D eigenvalue weighted by Crippen LogP contribution is 2.16. The fraction of sp³-hybridized carbons (Fsp3) is 0.677. The van der Waals surface area contributed by atoms with Crippen molar-refractivity contribution >= 4 is 22.3 Å². The molecular formula is C31H52N10O4+2. The Bertz CT molecular complexity index is 1740. The summed E-state index contributed by atoms with van der Waals surface area (Å²) in [5.74, 6) is 0. The van der Waals surface area contributed by atoms with E-state index in [0.29, 0.717) is 35.4 Å². The Balaban J connectivity index is 1.36. The smallest absolute Gasteiger partial charge is 0.323 e. The van der Waals surface area contributed by atoms with Crippen LogP contribution in [-0.2, 0) is 41.3 Å². The van der Waals surface area contributed by atoms with Crippen molar-refractivity contribution < 1.29 is 8.97 Å². The standard InChI is InChI=1S/C31H52N10O4/c1-9-40(10-2,20-16-38-22-32-26-24(38)28(42)36(7)30(44)34(26)5)18-14-13-15-19-41(11-3,12-4)21-17-39-23-33-27-25(39)29(43)37(8)31(45)35(27)6/h22-23H,9-21H2,1-8H3/q+2. The minimum Gasteiger partial charge on any atom is -0.323 e. The molecule has 0 spiro atoms. The average Bonchev–Trinajstić information content (AvgIpc) is 3.69. The zero-order valence-electron chi connectivity index (χ0n) is 28.5. The van der Waals surface area contributed by atoms with Crippen LogP contribution in [-0.4, -0.2) is 98.7 Å². The fourth-order valence-corrected chi connectivity index (χ4v) is 6.78. The molecule has 14 heteroatoms. The number of quaternary nitrogens is 2. The fourth-order valence-electron chi connectivity index (χ4n) is 6.78. The number of hydrogen-bond acceptors (Lipinski definition) is 6. The first-order valence-corrected chi connectivity index (χ1v) is 16.3. The van der Waals surface area contributed by atoms with Gasteiger partial charge in [-0.15, -0.1) is 0 Å². The molecule has 4 aromatic heterocycles. The lowest BCUT2D eigenvalue weighted by molar-refractivity contribution is -0.927. The molecule has 0 saturated carbocycles. The third-order valence-corrected chi connectivity index (χ3v) is 10.5. The summed E-state index contributed by atoms with van der Waals surface area (Å²) in [6.45, 7) is 18.2. The number of fused-ring (bicyclic) bond motifs is 2. The van der Waals surface area contributed by atoms with Crippen LogP contribution in [0.5, 0.6) is 0 Å². The van der Waals surface area contributed by atoms with E-state index in [4.69, 9.17) is 0 Å². The summed E-state index contributed by atoms with van der Waals surface area (Å²) in [5.41, 5.74) is 0.464. The molecule has 248 valence electrons. The summed E-state index contributed by atoms with van der Waals surface area (Å²) in [4.78, 5) is 59.2. The Labute approximate surface area is 263 Å². The van der Waals surface area contributed by atoms with Crippen molar-refractivity contribution in [3.05, 3.63) is 54.3 Å². The lowest BCUT2D eigenvalue weighted by atomic mass is 10.1. The van der Waals surface area contributed by atoms with Gasteiger partial charge in [-0.25, -0.2) is 19.6 Å². The quantitative estimate of drug-likeness (QED) is 0.133. The summed E-state index contributed by atoms with van der Waals surface area (Å²) in [7, 11) is 6.32. The first-order valence-electron chi connectivity index (χ1n) is 16.3. The zero-order chi connectivity index (χ0) is 33.1. The van der Waals surface area contributed by atoms with Crippen molar-refractivity contribution in [3.8, 4) is 0 Å². The molecule has 0 N–H and O–H groups in total. The van der Waals surface area contributed by atoms with Crippen LogP contribution in [0.15, 0.2) is 31.8 Å². The SMILES string of the molecule is CC[N+](CC)(CCCCC[N+](CC)(CC)CCn1cnc2c1c(=O)n(C)c(=O)n2C)CCn1cnc2c1c(=O)n(C)c(=O)n2C. The number of likely N-dealkylation sites (N-methyl/N-ethyl adjacent to an activating group) is 2. The molecule has 0 atom stereocenters. The van der Waals surface area contributed by atoms with Crippen molar-refractivity contribution in [2.75, 3.05) is 52.4 Å². The van der Waals surface area contributed by atoms with Crippen LogP contribution >= 0.6 is 0 Å². The first-order chi connectivity index (χ1) is 21.4. The Morgan fingerprint density at radius 2 is 0.889 bits per heavy atom. The number of unbranched alkanes of at least 4 members (excludes halogenated alkanes) is 2. The van der Waals surface area contributed by atoms with Crippen molar-refractivity contribution in [1.82, 2.24) is 37.4 Å². The van der Waals surface area contributed by atoms with Gasteiger partial charge in [-0.3, -0.25) is 27.9 Å². The molecule has 0 radical (unpaired) electrons. The molecule has 14 nitrogen and oxygen atoms in total. The maximum Gasteiger partial charge on any atom is 0.332 e. The zero-order valence-corrected chi connectivity index (χ0v) is 28.5. The maximum atomic E-state index is 12.9. The molecule has 4 heterocycles. The molecule has 4 aromatic rings. The van der Waals surface area contributed by atoms with Crippen LogP contribution in [0.25, 0.3) is 22.3 Å². The minimum atomic E-state index is -0.368. The van der Waals surface area contributed by atoms with Crippen LogP contribution in [0, 0.1) is 0 Å². The van der Waals surface area contributed by atoms with Crippen LogP contribution in [0.2, 0.25) is 0 Å². The molecule has 45 heavy (non-hydrogen) atoms. The number of aromatic nitrogens is 8. The second-order valence-corrected chi connectivity index (χ2v) is 12.5. The van der Waals surface area contributed by atoms with Gasteiger partial charge in [0.05, 0.1) is 78.1 Å². The van der Waals surface area contributed by atoms with Crippen molar-refractivity contribution in [2.45, 2.75) is 60.0 Å². The van der Waals surface area contributed by atoms with Crippen molar-refractivity contribution in [3.63, 3.8) is 0 Å². The molecule has 0 aliphatic carbocycles. The Morgan fingerprint density at radius 1 is 0.533 bits per heavy atom. The van der Waals surface area contributed by atoms with Crippen molar-refractivity contribution in [1.29, 1.82) is 0 Å². The van der Waals surface area contributed by atoms with E-state index in [9.17, 15) is 19.2 Å². The molecule has 0 aromatic carbocycles. The highest BCUT2D eigenvalue weighted by molar-refractivity contribution is 5.70. The normalized spacial score (nSPS) is 12.6. The van der Waals surface area contributed by atoms with Gasteiger partial charge in [0.15, 0.2) is 22.3 Å². The maximum absolute atomic E-state index is 12.9. The molecule has 0 bridgehead atoms. The monoisotopic (exact) mass is 628 g/mol. The van der Waals surface area contributed by atoms with Gasteiger partial charge in [-0.05, 0) is 47.0 Å². The van der Waals surface area contributed by atoms with E-state index in [2.05, 4.69) is 37.7 Å². The third kappa shape index (κ3) is 6.35. The lowest BCUT2D eigenvalue weighted by Crippen LogP contribution is -2.51. The van der Waals surface area contributed by atoms with Gasteiger partial charge in [0, 0.05) is 28.2 Å². The summed E-state index contributed by atoms with van der Waals surface area (Å²) in [6, 6.07) is 0. The van der Waals surface area contributed by atoms with E-state index in [-0.39, 0.29) is 22.5 Å². The average molecular weight is 629 g/mol.